The molecule has 0 saturated heterocycles. The minimum absolute atomic E-state index is 0.224. The Morgan fingerprint density at radius 1 is 1.10 bits per heavy atom. The van der Waals surface area contributed by atoms with Crippen LogP contribution in [0.4, 0.5) is 0 Å². The van der Waals surface area contributed by atoms with Crippen molar-refractivity contribution in [3.05, 3.63) is 46.5 Å². The summed E-state index contributed by atoms with van der Waals surface area (Å²) in [6.45, 7) is 8.50. The van der Waals surface area contributed by atoms with Crippen LogP contribution in [0, 0.1) is 20.8 Å². The van der Waals surface area contributed by atoms with Crippen molar-refractivity contribution < 1.29 is 9.53 Å². The van der Waals surface area contributed by atoms with Crippen molar-refractivity contribution in [1.82, 2.24) is 0 Å². The Bertz CT molecular complexity index is 449. The van der Waals surface area contributed by atoms with Gasteiger partial charge in [0.1, 0.15) is 6.61 Å². The summed E-state index contributed by atoms with van der Waals surface area (Å²) in [5, 5.41) is 0. The molecule has 0 aliphatic rings. The van der Waals surface area contributed by atoms with Crippen LogP contribution in [0.15, 0.2) is 24.3 Å². The molecule has 0 aliphatic heterocycles. The predicted octanol–water partition coefficient (Wildman–Crippen LogP) is 4.91. The maximum Gasteiger partial charge on any atom is 0.338 e. The Kier molecular flexibility index (Phi) is 7.06. The van der Waals surface area contributed by atoms with E-state index in [1.807, 2.05) is 39.0 Å². The quantitative estimate of drug-likeness (QED) is 0.401. The van der Waals surface area contributed by atoms with Crippen molar-refractivity contribution in [3.63, 3.8) is 0 Å². The Labute approximate surface area is 122 Å². The second-order valence-electron chi connectivity index (χ2n) is 5.34. The zero-order chi connectivity index (χ0) is 15.0. The van der Waals surface area contributed by atoms with Gasteiger partial charge in [-0.05, 0) is 44.7 Å². The first-order chi connectivity index (χ1) is 9.56. The van der Waals surface area contributed by atoms with E-state index >= 15 is 0 Å². The number of rotatable bonds is 7. The second-order valence-corrected chi connectivity index (χ2v) is 5.34. The normalized spacial score (nSPS) is 11.0. The molecule has 1 rings (SSSR count). The van der Waals surface area contributed by atoms with Crippen LogP contribution < -0.4 is 0 Å². The fourth-order valence-electron chi connectivity index (χ4n) is 2.40. The van der Waals surface area contributed by atoms with Gasteiger partial charge in [-0.2, -0.15) is 0 Å². The zero-order valence-corrected chi connectivity index (χ0v) is 13.2. The van der Waals surface area contributed by atoms with Crippen LogP contribution in [0.2, 0.25) is 0 Å². The number of ether oxygens (including phenoxy) is 1. The van der Waals surface area contributed by atoms with Crippen molar-refractivity contribution in [2.24, 2.45) is 0 Å². The van der Waals surface area contributed by atoms with Crippen molar-refractivity contribution in [2.75, 3.05) is 6.61 Å². The predicted molar refractivity (Wildman–Crippen MR) is 84.2 cm³/mol. The largest absolute Gasteiger partial charge is 0.458 e. The first-order valence-electron chi connectivity index (χ1n) is 7.46. The molecule has 0 spiro atoms. The number of aryl methyl sites for hydroxylation is 3. The molecule has 0 N–H and O–H groups in total. The molecule has 0 aliphatic carbocycles. The minimum atomic E-state index is -0.224. The van der Waals surface area contributed by atoms with E-state index in [1.165, 1.54) is 24.8 Å². The molecule has 0 saturated carbocycles. The first kappa shape index (κ1) is 16.5. The summed E-state index contributed by atoms with van der Waals surface area (Å²) in [7, 11) is 0. The van der Waals surface area contributed by atoms with E-state index < -0.39 is 0 Å². The molecule has 20 heavy (non-hydrogen) atoms. The Morgan fingerprint density at radius 3 is 2.35 bits per heavy atom. The van der Waals surface area contributed by atoms with Crippen LogP contribution >= 0.6 is 0 Å². The lowest BCUT2D eigenvalue weighted by Gasteiger charge is -2.10. The van der Waals surface area contributed by atoms with Gasteiger partial charge in [-0.3, -0.25) is 0 Å². The molecule has 2 heteroatoms. The van der Waals surface area contributed by atoms with Gasteiger partial charge in [0.25, 0.3) is 0 Å². The molecular weight excluding hydrogens is 248 g/mol. The van der Waals surface area contributed by atoms with Crippen molar-refractivity contribution in [1.29, 1.82) is 0 Å². The van der Waals surface area contributed by atoms with E-state index in [-0.39, 0.29) is 5.97 Å². The summed E-state index contributed by atoms with van der Waals surface area (Å²) in [6.07, 6.45) is 8.79. The summed E-state index contributed by atoms with van der Waals surface area (Å²) in [4.78, 5) is 12.1. The van der Waals surface area contributed by atoms with Crippen molar-refractivity contribution in [3.8, 4) is 0 Å². The number of unbranched alkanes of at least 4 members (excludes halogenated alkanes) is 3. The smallest absolute Gasteiger partial charge is 0.338 e. The highest BCUT2D eigenvalue weighted by molar-refractivity contribution is 5.92. The van der Waals surface area contributed by atoms with Gasteiger partial charge in [0, 0.05) is 0 Å². The van der Waals surface area contributed by atoms with Crippen LogP contribution in [-0.2, 0) is 4.74 Å². The molecule has 0 atom stereocenters. The molecular formula is C18H26O2. The number of benzene rings is 1. The second kappa shape index (κ2) is 8.57. The van der Waals surface area contributed by atoms with Crippen LogP contribution in [0.3, 0.4) is 0 Å². The van der Waals surface area contributed by atoms with Gasteiger partial charge in [-0.25, -0.2) is 4.79 Å². The lowest BCUT2D eigenvalue weighted by molar-refractivity contribution is 0.0547. The van der Waals surface area contributed by atoms with E-state index in [2.05, 4.69) is 13.0 Å². The van der Waals surface area contributed by atoms with Crippen LogP contribution in [-0.4, -0.2) is 12.6 Å². The van der Waals surface area contributed by atoms with Crippen LogP contribution in [0.25, 0.3) is 0 Å². The Morgan fingerprint density at radius 2 is 1.75 bits per heavy atom. The third-order valence-corrected chi connectivity index (χ3v) is 3.33. The Hall–Kier alpha value is -1.57. The molecule has 0 amide bonds. The van der Waals surface area contributed by atoms with E-state index in [0.717, 1.165) is 17.5 Å². The van der Waals surface area contributed by atoms with E-state index in [9.17, 15) is 4.79 Å². The highest BCUT2D eigenvalue weighted by atomic mass is 16.5. The average Bonchev–Trinajstić information content (AvgIpc) is 2.36. The van der Waals surface area contributed by atoms with E-state index in [1.54, 1.807) is 0 Å². The summed E-state index contributed by atoms with van der Waals surface area (Å²) in [6, 6.07) is 4.04. The number of carbonyl (C=O) groups is 1. The summed E-state index contributed by atoms with van der Waals surface area (Å²) in [5.41, 5.74) is 3.85. The SMILES string of the molecule is CCCCC/C=C/COC(=O)c1c(C)cc(C)cc1C. The summed E-state index contributed by atoms with van der Waals surface area (Å²) in [5.74, 6) is -0.224. The molecule has 1 aromatic carbocycles. The van der Waals surface area contributed by atoms with Gasteiger partial charge in [0.05, 0.1) is 5.56 Å². The minimum Gasteiger partial charge on any atom is -0.458 e. The maximum absolute atomic E-state index is 12.1. The number of hydrogen-bond donors (Lipinski definition) is 0. The number of allylic oxidation sites excluding steroid dienone is 1. The van der Waals surface area contributed by atoms with Gasteiger partial charge in [0.2, 0.25) is 0 Å². The number of esters is 1. The first-order valence-corrected chi connectivity index (χ1v) is 7.46. The zero-order valence-electron chi connectivity index (χ0n) is 13.2. The van der Waals surface area contributed by atoms with Gasteiger partial charge >= 0.3 is 5.97 Å². The average molecular weight is 274 g/mol. The van der Waals surface area contributed by atoms with Gasteiger partial charge < -0.3 is 4.74 Å². The topological polar surface area (TPSA) is 26.3 Å². The standard InChI is InChI=1S/C18H26O2/c1-5-6-7-8-9-10-11-20-18(19)17-15(3)12-14(2)13-16(17)4/h9-10,12-13H,5-8,11H2,1-4H3/b10-9+. The van der Waals surface area contributed by atoms with E-state index in [0.29, 0.717) is 12.2 Å². The third-order valence-electron chi connectivity index (χ3n) is 3.33. The van der Waals surface area contributed by atoms with Crippen LogP contribution in [0.5, 0.6) is 0 Å². The fourth-order valence-corrected chi connectivity index (χ4v) is 2.40. The fraction of sp³-hybridized carbons (Fsp3) is 0.500. The lowest BCUT2D eigenvalue weighted by atomic mass is 10.00. The summed E-state index contributed by atoms with van der Waals surface area (Å²) >= 11 is 0. The molecule has 0 radical (unpaired) electrons. The molecule has 2 nitrogen and oxygen atoms in total. The van der Waals surface area contributed by atoms with Gasteiger partial charge in [-0.15, -0.1) is 0 Å². The molecule has 0 unspecified atom stereocenters. The Balaban J connectivity index is 2.48. The summed E-state index contributed by atoms with van der Waals surface area (Å²) < 4.78 is 5.31. The molecule has 0 heterocycles. The third kappa shape index (κ3) is 5.20. The van der Waals surface area contributed by atoms with Crippen molar-refractivity contribution in [2.45, 2.75) is 53.4 Å². The van der Waals surface area contributed by atoms with E-state index in [4.69, 9.17) is 4.74 Å². The monoisotopic (exact) mass is 274 g/mol. The molecule has 0 fully saturated rings. The van der Waals surface area contributed by atoms with Gasteiger partial charge in [-0.1, -0.05) is 49.6 Å². The number of carbonyl (C=O) groups excluding carboxylic acids is 1. The molecule has 0 bridgehead atoms. The lowest BCUT2D eigenvalue weighted by Crippen LogP contribution is -2.09. The van der Waals surface area contributed by atoms with Crippen LogP contribution in [0.1, 0.15) is 59.7 Å². The highest BCUT2D eigenvalue weighted by Crippen LogP contribution is 2.17. The number of hydrogen-bond acceptors (Lipinski definition) is 2. The molecule has 110 valence electrons. The highest BCUT2D eigenvalue weighted by Gasteiger charge is 2.13. The molecule has 1 aromatic rings. The molecule has 0 aromatic heterocycles. The maximum atomic E-state index is 12.1. The van der Waals surface area contributed by atoms with Crippen molar-refractivity contribution >= 4 is 5.97 Å². The van der Waals surface area contributed by atoms with Gasteiger partial charge in [0.15, 0.2) is 0 Å².